The van der Waals surface area contributed by atoms with Gasteiger partial charge in [0, 0.05) is 25.6 Å². The van der Waals surface area contributed by atoms with Crippen LogP contribution in [0, 0.1) is 19.8 Å². The lowest BCUT2D eigenvalue weighted by Crippen LogP contribution is -2.49. The number of rotatable bonds is 9. The molecule has 4 rings (SSSR count). The van der Waals surface area contributed by atoms with Crippen LogP contribution in [0.3, 0.4) is 0 Å². The number of methoxy groups -OCH3 is 1. The van der Waals surface area contributed by atoms with E-state index in [0.29, 0.717) is 48.0 Å². The fraction of sp³-hybridized carbons (Fsp3) is 0.433. The van der Waals surface area contributed by atoms with Gasteiger partial charge in [-0.3, -0.25) is 9.69 Å². The molecule has 2 aromatic carbocycles. The van der Waals surface area contributed by atoms with Gasteiger partial charge in [-0.15, -0.1) is 0 Å². The van der Waals surface area contributed by atoms with Crippen LogP contribution in [0.25, 0.3) is 0 Å². The van der Waals surface area contributed by atoms with E-state index < -0.39 is 12.1 Å². The Labute approximate surface area is 240 Å². The number of ether oxygens (including phenoxy) is 2. The zero-order valence-electron chi connectivity index (χ0n) is 24.4. The Bertz CT molecular complexity index is 1340. The number of nitrogens with zero attached hydrogens (tertiary/aromatic N) is 3. The highest BCUT2D eigenvalue weighted by Crippen LogP contribution is 2.35. The summed E-state index contributed by atoms with van der Waals surface area (Å²) in [7, 11) is 3.65. The minimum atomic E-state index is -0.521. The minimum Gasteiger partial charge on any atom is -0.497 e. The second-order valence-electron chi connectivity index (χ2n) is 10.6. The summed E-state index contributed by atoms with van der Waals surface area (Å²) in [5, 5.41) is 19.4. The molecule has 3 N–H and O–H groups in total. The SMILES string of the molecule is COc1ccc(CN(C)C[C@@H]2Oc3c(NC(=O)Nc4c(C)noc4C)cccc3C(=O)N([C@@H](C)CO)C[C@@H]2C)cc1. The number of aryl methyl sites for hydroxylation is 2. The van der Waals surface area contributed by atoms with Crippen LogP contribution in [0.15, 0.2) is 47.0 Å². The van der Waals surface area contributed by atoms with E-state index in [1.54, 1.807) is 44.1 Å². The maximum atomic E-state index is 13.7. The number of aliphatic hydroxyl groups excluding tert-OH is 1. The van der Waals surface area contributed by atoms with Crippen molar-refractivity contribution in [1.29, 1.82) is 0 Å². The number of nitrogens with one attached hydrogen (secondary N) is 2. The summed E-state index contributed by atoms with van der Waals surface area (Å²) in [4.78, 5) is 30.5. The Hall–Kier alpha value is -4.09. The molecule has 0 aliphatic carbocycles. The number of aliphatic hydroxyl groups is 1. The molecule has 41 heavy (non-hydrogen) atoms. The van der Waals surface area contributed by atoms with Gasteiger partial charge in [0.2, 0.25) is 0 Å². The van der Waals surface area contributed by atoms with Gasteiger partial charge in [-0.05, 0) is 57.6 Å². The van der Waals surface area contributed by atoms with Crippen LogP contribution in [-0.2, 0) is 6.54 Å². The van der Waals surface area contributed by atoms with Gasteiger partial charge in [-0.2, -0.15) is 0 Å². The molecule has 11 nitrogen and oxygen atoms in total. The lowest BCUT2D eigenvalue weighted by atomic mass is 9.99. The van der Waals surface area contributed by atoms with Crippen LogP contribution in [0.1, 0.15) is 41.2 Å². The molecule has 3 atom stereocenters. The summed E-state index contributed by atoms with van der Waals surface area (Å²) < 4.78 is 17.0. The average Bonchev–Trinajstić information content (AvgIpc) is 3.27. The van der Waals surface area contributed by atoms with Gasteiger partial charge in [0.05, 0.1) is 31.0 Å². The summed E-state index contributed by atoms with van der Waals surface area (Å²) in [5.41, 5.74) is 2.82. The quantitative estimate of drug-likeness (QED) is 0.350. The Morgan fingerprint density at radius 2 is 1.95 bits per heavy atom. The Balaban J connectivity index is 1.62. The number of para-hydroxylation sites is 1. The molecule has 0 spiro atoms. The minimum absolute atomic E-state index is 0.0800. The largest absolute Gasteiger partial charge is 0.497 e. The highest BCUT2D eigenvalue weighted by Gasteiger charge is 2.34. The van der Waals surface area contributed by atoms with Crippen LogP contribution in [-0.4, -0.2) is 78.0 Å². The highest BCUT2D eigenvalue weighted by atomic mass is 16.5. The van der Waals surface area contributed by atoms with Gasteiger partial charge in [0.15, 0.2) is 11.5 Å². The van der Waals surface area contributed by atoms with Crippen LogP contribution in [0.5, 0.6) is 11.5 Å². The van der Waals surface area contributed by atoms with Crippen LogP contribution < -0.4 is 20.1 Å². The number of anilines is 2. The number of fused-ring (bicyclic) bond motifs is 1. The number of amides is 3. The molecule has 0 bridgehead atoms. The van der Waals surface area contributed by atoms with E-state index in [9.17, 15) is 14.7 Å². The topological polar surface area (TPSA) is 129 Å². The second-order valence-corrected chi connectivity index (χ2v) is 10.6. The molecule has 11 heteroatoms. The first kappa shape index (κ1) is 29.9. The maximum absolute atomic E-state index is 13.7. The standard InChI is InChI=1S/C30H39N5O6/c1-18-14-35(19(2)17-36)29(37)24-8-7-9-25(31-30(38)32-27-20(3)33-41-21(27)4)28(24)40-26(18)16-34(5)15-22-10-12-23(39-6)13-11-22/h7-13,18-19,26,36H,14-17H2,1-6H3,(H2,31,32,38)/t18-,19-,26-/m0/s1. The Morgan fingerprint density at radius 1 is 1.22 bits per heavy atom. The zero-order chi connectivity index (χ0) is 29.7. The zero-order valence-corrected chi connectivity index (χ0v) is 24.4. The lowest BCUT2D eigenvalue weighted by molar-refractivity contribution is 0.0343. The van der Waals surface area contributed by atoms with Crippen molar-refractivity contribution in [3.63, 3.8) is 0 Å². The number of carbonyl (C=O) groups excluding carboxylic acids is 2. The molecule has 1 aliphatic heterocycles. The average molecular weight is 566 g/mol. The van der Waals surface area contributed by atoms with Crippen molar-refractivity contribution >= 4 is 23.3 Å². The first-order valence-electron chi connectivity index (χ1n) is 13.6. The summed E-state index contributed by atoms with van der Waals surface area (Å²) in [6.07, 6.45) is -0.327. The van der Waals surface area contributed by atoms with Crippen molar-refractivity contribution in [3.05, 3.63) is 65.0 Å². The van der Waals surface area contributed by atoms with E-state index in [0.717, 1.165) is 11.3 Å². The smallest absolute Gasteiger partial charge is 0.323 e. The number of aromatic nitrogens is 1. The second kappa shape index (κ2) is 13.0. The van der Waals surface area contributed by atoms with Crippen molar-refractivity contribution in [3.8, 4) is 11.5 Å². The summed E-state index contributed by atoms with van der Waals surface area (Å²) in [6, 6.07) is 12.1. The lowest BCUT2D eigenvalue weighted by Gasteiger charge is -2.38. The van der Waals surface area contributed by atoms with Gasteiger partial charge in [-0.1, -0.05) is 30.3 Å². The van der Waals surface area contributed by atoms with Crippen LogP contribution in [0.4, 0.5) is 16.2 Å². The van der Waals surface area contributed by atoms with Crippen molar-refractivity contribution in [2.75, 3.05) is 44.5 Å². The molecule has 0 saturated carbocycles. The summed E-state index contributed by atoms with van der Waals surface area (Å²) >= 11 is 0. The number of hydrogen-bond acceptors (Lipinski definition) is 8. The van der Waals surface area contributed by atoms with Gasteiger partial charge in [0.25, 0.3) is 5.91 Å². The fourth-order valence-corrected chi connectivity index (χ4v) is 4.90. The molecule has 0 fully saturated rings. The van der Waals surface area contributed by atoms with Gasteiger partial charge < -0.3 is 34.6 Å². The van der Waals surface area contributed by atoms with E-state index in [-0.39, 0.29) is 30.3 Å². The number of benzene rings is 2. The number of carbonyl (C=O) groups is 2. The third-order valence-corrected chi connectivity index (χ3v) is 7.31. The molecule has 2 heterocycles. The van der Waals surface area contributed by atoms with Gasteiger partial charge in [0.1, 0.15) is 23.2 Å². The van der Waals surface area contributed by atoms with Gasteiger partial charge >= 0.3 is 6.03 Å². The van der Waals surface area contributed by atoms with Crippen LogP contribution >= 0.6 is 0 Å². The monoisotopic (exact) mass is 565 g/mol. The molecular formula is C30H39N5O6. The normalized spacial score (nSPS) is 17.8. The molecule has 1 aliphatic rings. The van der Waals surface area contributed by atoms with E-state index >= 15 is 0 Å². The van der Waals surface area contributed by atoms with Crippen molar-refractivity contribution in [1.82, 2.24) is 15.0 Å². The van der Waals surface area contributed by atoms with Gasteiger partial charge in [-0.25, -0.2) is 4.79 Å². The van der Waals surface area contributed by atoms with Crippen molar-refractivity contribution in [2.24, 2.45) is 5.92 Å². The van der Waals surface area contributed by atoms with Crippen LogP contribution in [0.2, 0.25) is 0 Å². The molecule has 0 radical (unpaired) electrons. The summed E-state index contributed by atoms with van der Waals surface area (Å²) in [6.45, 7) is 8.76. The third-order valence-electron chi connectivity index (χ3n) is 7.31. The molecular weight excluding hydrogens is 526 g/mol. The molecule has 0 saturated heterocycles. The fourth-order valence-electron chi connectivity index (χ4n) is 4.90. The number of likely N-dealkylation sites (N-methyl/N-ethyl adjacent to an activating group) is 1. The van der Waals surface area contributed by atoms with E-state index in [2.05, 4.69) is 20.7 Å². The Kier molecular flexibility index (Phi) is 9.51. The van der Waals surface area contributed by atoms with E-state index in [4.69, 9.17) is 14.0 Å². The Morgan fingerprint density at radius 3 is 2.59 bits per heavy atom. The third kappa shape index (κ3) is 6.98. The van der Waals surface area contributed by atoms with E-state index in [1.807, 2.05) is 45.2 Å². The first-order chi connectivity index (χ1) is 19.6. The molecule has 3 amide bonds. The maximum Gasteiger partial charge on any atom is 0.323 e. The molecule has 220 valence electrons. The summed E-state index contributed by atoms with van der Waals surface area (Å²) in [5.74, 6) is 1.22. The molecule has 1 aromatic heterocycles. The molecule has 3 aromatic rings. The highest BCUT2D eigenvalue weighted by molar-refractivity contribution is 6.04. The predicted molar refractivity (Wildman–Crippen MR) is 156 cm³/mol. The number of hydrogen-bond donors (Lipinski definition) is 3. The van der Waals surface area contributed by atoms with Crippen molar-refractivity contribution < 1.29 is 28.7 Å². The van der Waals surface area contributed by atoms with Crippen molar-refractivity contribution in [2.45, 2.75) is 46.4 Å². The molecule has 0 unspecified atom stereocenters. The number of urea groups is 1. The first-order valence-corrected chi connectivity index (χ1v) is 13.6. The van der Waals surface area contributed by atoms with E-state index in [1.165, 1.54) is 0 Å². The predicted octanol–water partition coefficient (Wildman–Crippen LogP) is 4.30.